The number of nitrogens with zero attached hydrogens (tertiary/aromatic N) is 3. The number of carbonyl (C=O) groups excluding carboxylic acids is 1. The Labute approximate surface area is 184 Å². The van der Waals surface area contributed by atoms with Crippen LogP contribution in [0.15, 0.2) is 47.6 Å². The number of hydrogen-bond acceptors (Lipinski definition) is 5. The highest BCUT2D eigenvalue weighted by Crippen LogP contribution is 2.23. The van der Waals surface area contributed by atoms with Crippen molar-refractivity contribution in [2.75, 3.05) is 11.1 Å². The Morgan fingerprint density at radius 2 is 1.87 bits per heavy atom. The smallest absolute Gasteiger partial charge is 0.234 e. The highest BCUT2D eigenvalue weighted by atomic mass is 32.2. The van der Waals surface area contributed by atoms with Crippen LogP contribution in [0.3, 0.4) is 0 Å². The molecule has 3 aromatic rings. The molecule has 0 fully saturated rings. The number of thioether (sulfide) groups is 2. The molecule has 0 atom stereocenters. The number of hydrogen-bond donors (Lipinski definition) is 1. The second kappa shape index (κ2) is 10.6. The maximum absolute atomic E-state index is 13.0. The van der Waals surface area contributed by atoms with Gasteiger partial charge in [0.2, 0.25) is 5.91 Å². The summed E-state index contributed by atoms with van der Waals surface area (Å²) in [4.78, 5) is 12.4. The number of anilines is 1. The van der Waals surface area contributed by atoms with Gasteiger partial charge in [-0.3, -0.25) is 4.79 Å². The summed E-state index contributed by atoms with van der Waals surface area (Å²) < 4.78 is 15.0. The minimum Gasteiger partial charge on any atom is -0.325 e. The summed E-state index contributed by atoms with van der Waals surface area (Å²) in [6, 6.07) is 12.5. The lowest BCUT2D eigenvalue weighted by Crippen LogP contribution is -2.15. The van der Waals surface area contributed by atoms with E-state index in [1.165, 1.54) is 29.5 Å². The Bertz CT molecular complexity index is 1000. The molecule has 0 bridgehead atoms. The fourth-order valence-corrected chi connectivity index (χ4v) is 4.71. The number of aromatic nitrogens is 3. The first-order valence-corrected chi connectivity index (χ1v) is 11.8. The molecule has 30 heavy (non-hydrogen) atoms. The second-order valence-electron chi connectivity index (χ2n) is 6.92. The Kier molecular flexibility index (Phi) is 7.93. The van der Waals surface area contributed by atoms with Crippen molar-refractivity contribution in [1.29, 1.82) is 0 Å². The van der Waals surface area contributed by atoms with E-state index in [1.54, 1.807) is 23.9 Å². The number of amides is 1. The van der Waals surface area contributed by atoms with Crippen LogP contribution in [0.4, 0.5) is 10.1 Å². The first kappa shape index (κ1) is 22.4. The van der Waals surface area contributed by atoms with Gasteiger partial charge in [0.25, 0.3) is 0 Å². The van der Waals surface area contributed by atoms with Crippen molar-refractivity contribution in [2.24, 2.45) is 0 Å². The molecule has 1 aromatic heterocycles. The SMILES string of the molecule is CCn1c(CSCc2ccc(F)cc2)nnc1SCC(=O)Nc1ccc(C)cc1C. The van der Waals surface area contributed by atoms with Gasteiger partial charge >= 0.3 is 0 Å². The van der Waals surface area contributed by atoms with Crippen LogP contribution in [0, 0.1) is 19.7 Å². The number of halogens is 1. The molecule has 2 aromatic carbocycles. The van der Waals surface area contributed by atoms with E-state index >= 15 is 0 Å². The first-order chi connectivity index (χ1) is 14.5. The van der Waals surface area contributed by atoms with Gasteiger partial charge in [-0.1, -0.05) is 41.6 Å². The van der Waals surface area contributed by atoms with Gasteiger partial charge in [-0.25, -0.2) is 4.39 Å². The van der Waals surface area contributed by atoms with Crippen molar-refractivity contribution in [1.82, 2.24) is 14.8 Å². The van der Waals surface area contributed by atoms with Gasteiger partial charge in [0.1, 0.15) is 11.6 Å². The average Bonchev–Trinajstić information content (AvgIpc) is 3.12. The van der Waals surface area contributed by atoms with Crippen LogP contribution in [0.1, 0.15) is 29.4 Å². The molecule has 3 rings (SSSR count). The summed E-state index contributed by atoms with van der Waals surface area (Å²) in [5.74, 6) is 2.34. The molecule has 0 spiro atoms. The molecule has 8 heteroatoms. The molecular weight excluding hydrogens is 419 g/mol. The quantitative estimate of drug-likeness (QED) is 0.459. The maximum Gasteiger partial charge on any atom is 0.234 e. The highest BCUT2D eigenvalue weighted by Gasteiger charge is 2.14. The van der Waals surface area contributed by atoms with Gasteiger partial charge in [-0.2, -0.15) is 0 Å². The summed E-state index contributed by atoms with van der Waals surface area (Å²) >= 11 is 3.09. The van der Waals surface area contributed by atoms with Gasteiger partial charge < -0.3 is 9.88 Å². The van der Waals surface area contributed by atoms with E-state index in [4.69, 9.17) is 0 Å². The molecule has 0 aliphatic carbocycles. The van der Waals surface area contributed by atoms with Crippen LogP contribution in [0.2, 0.25) is 0 Å². The Hall–Kier alpha value is -2.32. The van der Waals surface area contributed by atoms with Gasteiger partial charge in [-0.05, 0) is 50.1 Å². The predicted octanol–water partition coefficient (Wildman–Crippen LogP) is 5.22. The van der Waals surface area contributed by atoms with Crippen molar-refractivity contribution in [3.63, 3.8) is 0 Å². The lowest BCUT2D eigenvalue weighted by molar-refractivity contribution is -0.113. The summed E-state index contributed by atoms with van der Waals surface area (Å²) in [7, 11) is 0. The van der Waals surface area contributed by atoms with Gasteiger partial charge in [0.15, 0.2) is 5.16 Å². The molecule has 0 unspecified atom stereocenters. The lowest BCUT2D eigenvalue weighted by Gasteiger charge is -2.10. The van der Waals surface area contributed by atoms with E-state index in [0.29, 0.717) is 5.75 Å². The first-order valence-electron chi connectivity index (χ1n) is 9.70. The molecular formula is C22H25FN4OS2. The summed E-state index contributed by atoms with van der Waals surface area (Å²) in [5, 5.41) is 12.3. The monoisotopic (exact) mass is 444 g/mol. The van der Waals surface area contributed by atoms with Crippen LogP contribution in [-0.4, -0.2) is 26.4 Å². The summed E-state index contributed by atoms with van der Waals surface area (Å²) in [5.41, 5.74) is 4.12. The number of aryl methyl sites for hydroxylation is 2. The Balaban J connectivity index is 1.53. The zero-order valence-corrected chi connectivity index (χ0v) is 18.9. The van der Waals surface area contributed by atoms with Crippen LogP contribution in [-0.2, 0) is 22.8 Å². The van der Waals surface area contributed by atoms with E-state index in [9.17, 15) is 9.18 Å². The number of rotatable bonds is 9. The summed E-state index contributed by atoms with van der Waals surface area (Å²) in [6.07, 6.45) is 0. The highest BCUT2D eigenvalue weighted by molar-refractivity contribution is 7.99. The number of carbonyl (C=O) groups is 1. The van der Waals surface area contributed by atoms with Crippen molar-refractivity contribution in [3.05, 3.63) is 70.8 Å². The van der Waals surface area contributed by atoms with E-state index in [0.717, 1.165) is 40.1 Å². The van der Waals surface area contributed by atoms with Crippen LogP contribution in [0.5, 0.6) is 0 Å². The van der Waals surface area contributed by atoms with E-state index in [1.807, 2.05) is 43.5 Å². The van der Waals surface area contributed by atoms with E-state index in [2.05, 4.69) is 15.5 Å². The fraction of sp³-hybridized carbons (Fsp3) is 0.318. The van der Waals surface area contributed by atoms with Gasteiger partial charge in [0.05, 0.1) is 11.5 Å². The number of benzene rings is 2. The molecule has 1 amide bonds. The normalized spacial score (nSPS) is 10.9. The second-order valence-corrected chi connectivity index (χ2v) is 8.85. The zero-order valence-electron chi connectivity index (χ0n) is 17.3. The standard InChI is InChI=1S/C22H25FN4OS2/c1-4-27-20(13-29-12-17-6-8-18(23)9-7-17)25-26-22(27)30-14-21(28)24-19-10-5-15(2)11-16(19)3/h5-11H,4,12-14H2,1-3H3,(H,24,28). The van der Waals surface area contributed by atoms with Crippen molar-refractivity contribution in [3.8, 4) is 0 Å². The predicted molar refractivity (Wildman–Crippen MR) is 122 cm³/mol. The maximum atomic E-state index is 13.0. The number of nitrogens with one attached hydrogen (secondary N) is 1. The third-order valence-electron chi connectivity index (χ3n) is 4.51. The Morgan fingerprint density at radius 1 is 1.10 bits per heavy atom. The van der Waals surface area contributed by atoms with E-state index in [-0.39, 0.29) is 17.5 Å². The third-order valence-corrected chi connectivity index (χ3v) is 6.48. The largest absolute Gasteiger partial charge is 0.325 e. The van der Waals surface area contributed by atoms with Crippen molar-refractivity contribution >= 4 is 35.1 Å². The average molecular weight is 445 g/mol. The van der Waals surface area contributed by atoms with Gasteiger partial charge in [0, 0.05) is 18.0 Å². The Morgan fingerprint density at radius 3 is 2.57 bits per heavy atom. The summed E-state index contributed by atoms with van der Waals surface area (Å²) in [6.45, 7) is 6.79. The molecule has 1 heterocycles. The molecule has 0 saturated heterocycles. The minimum atomic E-state index is -0.224. The van der Waals surface area contributed by atoms with Crippen LogP contribution < -0.4 is 5.32 Å². The van der Waals surface area contributed by atoms with E-state index < -0.39 is 0 Å². The molecule has 5 nitrogen and oxygen atoms in total. The molecule has 0 saturated carbocycles. The molecule has 0 radical (unpaired) electrons. The molecule has 1 N–H and O–H groups in total. The molecule has 0 aliphatic heterocycles. The zero-order chi connectivity index (χ0) is 21.5. The molecule has 158 valence electrons. The van der Waals surface area contributed by atoms with Crippen LogP contribution >= 0.6 is 23.5 Å². The van der Waals surface area contributed by atoms with Crippen LogP contribution in [0.25, 0.3) is 0 Å². The minimum absolute atomic E-state index is 0.0650. The van der Waals surface area contributed by atoms with Gasteiger partial charge in [-0.15, -0.1) is 22.0 Å². The topological polar surface area (TPSA) is 59.8 Å². The van der Waals surface area contributed by atoms with Crippen molar-refractivity contribution < 1.29 is 9.18 Å². The fourth-order valence-electron chi connectivity index (χ4n) is 2.96. The molecule has 0 aliphatic rings. The van der Waals surface area contributed by atoms with Crippen molar-refractivity contribution in [2.45, 2.75) is 44.0 Å². The third kappa shape index (κ3) is 6.09. The lowest BCUT2D eigenvalue weighted by atomic mass is 10.1.